The molecule has 1 aliphatic rings. The lowest BCUT2D eigenvalue weighted by Crippen LogP contribution is -2.50. The standard InChI is InChI=1S/C20H25N3O4S/c1-16-14-18(8-9-19(16)27-2)28(25,26)23-12-10-22(11-13-23)15-20(24)21-17-6-4-3-5-7-17/h3-9,14H,10-13,15H2,1-2H3,(H,21,24). The Morgan fingerprint density at radius 2 is 1.75 bits per heavy atom. The summed E-state index contributed by atoms with van der Waals surface area (Å²) in [6.45, 7) is 3.79. The molecular formula is C20H25N3O4S. The van der Waals surface area contributed by atoms with Crippen LogP contribution in [0, 0.1) is 6.92 Å². The van der Waals surface area contributed by atoms with Gasteiger partial charge in [-0.3, -0.25) is 9.69 Å². The van der Waals surface area contributed by atoms with Crippen molar-refractivity contribution in [1.29, 1.82) is 0 Å². The van der Waals surface area contributed by atoms with E-state index in [9.17, 15) is 13.2 Å². The van der Waals surface area contributed by atoms with Gasteiger partial charge in [0, 0.05) is 31.9 Å². The highest BCUT2D eigenvalue weighted by molar-refractivity contribution is 7.89. The fourth-order valence-corrected chi connectivity index (χ4v) is 4.72. The van der Waals surface area contributed by atoms with E-state index in [1.807, 2.05) is 42.2 Å². The summed E-state index contributed by atoms with van der Waals surface area (Å²) in [6.07, 6.45) is 0. The molecule has 8 heteroatoms. The Bertz CT molecular complexity index is 924. The number of aryl methyl sites for hydroxylation is 1. The van der Waals surface area contributed by atoms with Crippen LogP contribution in [-0.2, 0) is 14.8 Å². The van der Waals surface area contributed by atoms with Gasteiger partial charge in [-0.05, 0) is 42.8 Å². The molecule has 28 heavy (non-hydrogen) atoms. The van der Waals surface area contributed by atoms with Crippen LogP contribution in [0.25, 0.3) is 0 Å². The number of carbonyl (C=O) groups is 1. The molecule has 2 aromatic carbocycles. The molecule has 1 heterocycles. The lowest BCUT2D eigenvalue weighted by molar-refractivity contribution is -0.117. The molecule has 1 aliphatic heterocycles. The number of hydrogen-bond acceptors (Lipinski definition) is 5. The van der Waals surface area contributed by atoms with Crippen LogP contribution in [0.5, 0.6) is 5.75 Å². The average Bonchev–Trinajstić information content (AvgIpc) is 2.69. The number of hydrogen-bond donors (Lipinski definition) is 1. The fraction of sp³-hybridized carbons (Fsp3) is 0.350. The third-order valence-electron chi connectivity index (χ3n) is 4.76. The van der Waals surface area contributed by atoms with Crippen LogP contribution < -0.4 is 10.1 Å². The van der Waals surface area contributed by atoms with Crippen LogP contribution in [0.4, 0.5) is 5.69 Å². The number of para-hydroxylation sites is 1. The first kappa shape index (κ1) is 20.3. The van der Waals surface area contributed by atoms with Gasteiger partial charge in [-0.25, -0.2) is 8.42 Å². The maximum Gasteiger partial charge on any atom is 0.243 e. The number of amides is 1. The van der Waals surface area contributed by atoms with Gasteiger partial charge in [0.2, 0.25) is 15.9 Å². The van der Waals surface area contributed by atoms with E-state index in [1.165, 1.54) is 4.31 Å². The molecule has 1 N–H and O–H groups in total. The highest BCUT2D eigenvalue weighted by Gasteiger charge is 2.29. The van der Waals surface area contributed by atoms with Crippen LogP contribution in [0.1, 0.15) is 5.56 Å². The zero-order chi connectivity index (χ0) is 20.1. The summed E-state index contributed by atoms with van der Waals surface area (Å²) in [7, 11) is -2.00. The molecule has 0 spiro atoms. The van der Waals surface area contributed by atoms with E-state index in [2.05, 4.69) is 5.32 Å². The Balaban J connectivity index is 1.57. The molecule has 0 unspecified atom stereocenters. The molecule has 1 saturated heterocycles. The minimum absolute atomic E-state index is 0.103. The van der Waals surface area contributed by atoms with E-state index in [-0.39, 0.29) is 17.3 Å². The number of benzene rings is 2. The summed E-state index contributed by atoms with van der Waals surface area (Å²) >= 11 is 0. The molecule has 0 bridgehead atoms. The third-order valence-corrected chi connectivity index (χ3v) is 6.65. The van der Waals surface area contributed by atoms with Crippen molar-refractivity contribution in [3.8, 4) is 5.75 Å². The third kappa shape index (κ3) is 4.70. The first-order chi connectivity index (χ1) is 13.4. The number of rotatable bonds is 6. The number of nitrogens with one attached hydrogen (secondary N) is 1. The van der Waals surface area contributed by atoms with Crippen molar-refractivity contribution in [2.24, 2.45) is 0 Å². The minimum Gasteiger partial charge on any atom is -0.496 e. The molecule has 2 aromatic rings. The van der Waals surface area contributed by atoms with Crippen LogP contribution in [0.3, 0.4) is 0 Å². The molecule has 0 saturated carbocycles. The van der Waals surface area contributed by atoms with Crippen molar-refractivity contribution in [3.05, 3.63) is 54.1 Å². The van der Waals surface area contributed by atoms with E-state index in [0.717, 1.165) is 11.3 Å². The summed E-state index contributed by atoms with van der Waals surface area (Å²) in [5.41, 5.74) is 1.53. The topological polar surface area (TPSA) is 79.0 Å². The van der Waals surface area contributed by atoms with Crippen molar-refractivity contribution in [3.63, 3.8) is 0 Å². The monoisotopic (exact) mass is 403 g/mol. The molecule has 0 radical (unpaired) electrons. The van der Waals surface area contributed by atoms with Crippen LogP contribution in [0.15, 0.2) is 53.4 Å². The predicted octanol–water partition coefficient (Wildman–Crippen LogP) is 1.95. The predicted molar refractivity (Wildman–Crippen MR) is 108 cm³/mol. The molecule has 0 aromatic heterocycles. The second kappa shape index (κ2) is 8.72. The highest BCUT2D eigenvalue weighted by atomic mass is 32.2. The first-order valence-electron chi connectivity index (χ1n) is 9.12. The van der Waals surface area contributed by atoms with Crippen molar-refractivity contribution < 1.29 is 17.9 Å². The normalized spacial score (nSPS) is 15.9. The largest absolute Gasteiger partial charge is 0.496 e. The molecular weight excluding hydrogens is 378 g/mol. The molecule has 7 nitrogen and oxygen atoms in total. The van der Waals surface area contributed by atoms with Crippen molar-refractivity contribution in [2.45, 2.75) is 11.8 Å². The van der Waals surface area contributed by atoms with Crippen molar-refractivity contribution in [2.75, 3.05) is 45.2 Å². The summed E-state index contributed by atoms with van der Waals surface area (Å²) in [5.74, 6) is 0.557. The van der Waals surface area contributed by atoms with Crippen LogP contribution in [-0.4, -0.2) is 63.4 Å². The lowest BCUT2D eigenvalue weighted by Gasteiger charge is -2.33. The zero-order valence-corrected chi connectivity index (χ0v) is 16.9. The molecule has 0 atom stereocenters. The lowest BCUT2D eigenvalue weighted by atomic mass is 10.2. The quantitative estimate of drug-likeness (QED) is 0.798. The van der Waals surface area contributed by atoms with E-state index < -0.39 is 10.0 Å². The molecule has 150 valence electrons. The minimum atomic E-state index is -3.56. The Labute approximate surface area is 166 Å². The van der Waals surface area contributed by atoms with E-state index in [0.29, 0.717) is 31.9 Å². The molecule has 0 aliphatic carbocycles. The van der Waals surface area contributed by atoms with Gasteiger partial charge in [0.15, 0.2) is 0 Å². The number of carbonyl (C=O) groups excluding carboxylic acids is 1. The maximum absolute atomic E-state index is 12.9. The van der Waals surface area contributed by atoms with Gasteiger partial charge in [-0.15, -0.1) is 0 Å². The van der Waals surface area contributed by atoms with Gasteiger partial charge < -0.3 is 10.1 Å². The summed E-state index contributed by atoms with van der Waals surface area (Å²) in [6, 6.07) is 14.2. The summed E-state index contributed by atoms with van der Waals surface area (Å²) in [5, 5.41) is 2.85. The van der Waals surface area contributed by atoms with E-state index in [4.69, 9.17) is 4.74 Å². The first-order valence-corrected chi connectivity index (χ1v) is 10.6. The Morgan fingerprint density at radius 1 is 1.07 bits per heavy atom. The Morgan fingerprint density at radius 3 is 2.36 bits per heavy atom. The van der Waals surface area contributed by atoms with Crippen LogP contribution in [0.2, 0.25) is 0 Å². The van der Waals surface area contributed by atoms with Gasteiger partial charge in [0.25, 0.3) is 0 Å². The van der Waals surface area contributed by atoms with Crippen molar-refractivity contribution in [1.82, 2.24) is 9.21 Å². The van der Waals surface area contributed by atoms with E-state index >= 15 is 0 Å². The number of sulfonamides is 1. The van der Waals surface area contributed by atoms with Gasteiger partial charge in [0.05, 0.1) is 18.6 Å². The number of piperazine rings is 1. The zero-order valence-electron chi connectivity index (χ0n) is 16.1. The Hall–Kier alpha value is -2.42. The highest BCUT2D eigenvalue weighted by Crippen LogP contribution is 2.24. The fourth-order valence-electron chi connectivity index (χ4n) is 3.21. The number of nitrogens with zero attached hydrogens (tertiary/aromatic N) is 2. The average molecular weight is 404 g/mol. The maximum atomic E-state index is 12.9. The number of methoxy groups -OCH3 is 1. The second-order valence-corrected chi connectivity index (χ2v) is 8.66. The van der Waals surface area contributed by atoms with Crippen LogP contribution >= 0.6 is 0 Å². The second-order valence-electron chi connectivity index (χ2n) is 6.73. The molecule has 1 amide bonds. The Kier molecular flexibility index (Phi) is 6.33. The van der Waals surface area contributed by atoms with Gasteiger partial charge in [-0.1, -0.05) is 18.2 Å². The number of anilines is 1. The van der Waals surface area contributed by atoms with Gasteiger partial charge in [-0.2, -0.15) is 4.31 Å². The van der Waals surface area contributed by atoms with Crippen molar-refractivity contribution >= 4 is 21.6 Å². The molecule has 3 rings (SSSR count). The summed E-state index contributed by atoms with van der Waals surface area (Å²) in [4.78, 5) is 14.4. The smallest absolute Gasteiger partial charge is 0.243 e. The molecule has 1 fully saturated rings. The number of ether oxygens (including phenoxy) is 1. The van der Waals surface area contributed by atoms with Gasteiger partial charge in [0.1, 0.15) is 5.75 Å². The SMILES string of the molecule is COc1ccc(S(=O)(=O)N2CCN(CC(=O)Nc3ccccc3)CC2)cc1C. The van der Waals surface area contributed by atoms with Gasteiger partial charge >= 0.3 is 0 Å². The summed E-state index contributed by atoms with van der Waals surface area (Å²) < 4.78 is 32.5. The van der Waals surface area contributed by atoms with E-state index in [1.54, 1.807) is 25.3 Å².